The first-order valence-electron chi connectivity index (χ1n) is 11.5. The standard InChI is InChI=1S/C28H29NO8/c1-33-23-10-4-20(5-11-23)26(30)29(16-18-36-27(31)21-6-12-24(34-2)13-7-21)17-19-37-28(32)22-8-14-25(35-3)15-9-22/h4-15H,16-19H2,1-3H3. The molecule has 37 heavy (non-hydrogen) atoms. The SMILES string of the molecule is COc1ccc(C(=O)OCCN(CCOC(=O)c2ccc(OC)cc2)C(=O)c2ccc(OC)cc2)cc1. The predicted octanol–water partition coefficient (Wildman–Crippen LogP) is 3.87. The number of amides is 1. The number of esters is 2. The monoisotopic (exact) mass is 507 g/mol. The van der Waals surface area contributed by atoms with E-state index in [0.717, 1.165) is 0 Å². The molecular weight excluding hydrogens is 478 g/mol. The fourth-order valence-corrected chi connectivity index (χ4v) is 3.35. The Hall–Kier alpha value is -4.53. The Labute approximate surface area is 215 Å². The third-order valence-corrected chi connectivity index (χ3v) is 5.46. The molecule has 0 bridgehead atoms. The molecule has 0 aliphatic carbocycles. The van der Waals surface area contributed by atoms with Crippen molar-refractivity contribution in [2.45, 2.75) is 0 Å². The highest BCUT2D eigenvalue weighted by atomic mass is 16.5. The van der Waals surface area contributed by atoms with Crippen LogP contribution in [0.5, 0.6) is 17.2 Å². The van der Waals surface area contributed by atoms with Crippen LogP contribution in [-0.4, -0.2) is 70.4 Å². The first-order valence-corrected chi connectivity index (χ1v) is 11.5. The van der Waals surface area contributed by atoms with E-state index in [2.05, 4.69) is 0 Å². The Kier molecular flexibility index (Phi) is 9.90. The van der Waals surface area contributed by atoms with E-state index in [4.69, 9.17) is 23.7 Å². The van der Waals surface area contributed by atoms with Crippen LogP contribution in [0.1, 0.15) is 31.1 Å². The first-order chi connectivity index (χ1) is 17.9. The Morgan fingerprint density at radius 1 is 0.541 bits per heavy atom. The van der Waals surface area contributed by atoms with Crippen molar-refractivity contribution >= 4 is 17.8 Å². The van der Waals surface area contributed by atoms with Gasteiger partial charge in [0, 0.05) is 5.56 Å². The van der Waals surface area contributed by atoms with Crippen LogP contribution >= 0.6 is 0 Å². The van der Waals surface area contributed by atoms with Crippen molar-refractivity contribution in [3.63, 3.8) is 0 Å². The topological polar surface area (TPSA) is 101 Å². The first kappa shape index (κ1) is 27.1. The summed E-state index contributed by atoms with van der Waals surface area (Å²) in [5.74, 6) is 0.512. The van der Waals surface area contributed by atoms with Gasteiger partial charge >= 0.3 is 11.9 Å². The molecule has 0 saturated heterocycles. The second-order valence-corrected chi connectivity index (χ2v) is 7.75. The highest BCUT2D eigenvalue weighted by Gasteiger charge is 2.18. The Bertz CT molecular complexity index is 1110. The summed E-state index contributed by atoms with van der Waals surface area (Å²) < 4.78 is 26.1. The van der Waals surface area contributed by atoms with Gasteiger partial charge in [-0.05, 0) is 72.8 Å². The minimum atomic E-state index is -0.523. The lowest BCUT2D eigenvalue weighted by molar-refractivity contribution is 0.0362. The Morgan fingerprint density at radius 3 is 1.19 bits per heavy atom. The van der Waals surface area contributed by atoms with E-state index < -0.39 is 11.9 Å². The third-order valence-electron chi connectivity index (χ3n) is 5.46. The Morgan fingerprint density at radius 2 is 0.865 bits per heavy atom. The van der Waals surface area contributed by atoms with Crippen LogP contribution in [0, 0.1) is 0 Å². The summed E-state index contributed by atoms with van der Waals surface area (Å²) in [5, 5.41) is 0. The van der Waals surface area contributed by atoms with Gasteiger partial charge < -0.3 is 28.6 Å². The van der Waals surface area contributed by atoms with Crippen LogP contribution in [0.15, 0.2) is 72.8 Å². The molecule has 0 spiro atoms. The zero-order valence-electron chi connectivity index (χ0n) is 21.0. The van der Waals surface area contributed by atoms with Gasteiger partial charge in [-0.3, -0.25) is 4.79 Å². The zero-order valence-corrected chi connectivity index (χ0v) is 21.0. The number of carbonyl (C=O) groups excluding carboxylic acids is 3. The second kappa shape index (κ2) is 13.5. The van der Waals surface area contributed by atoms with Gasteiger partial charge in [-0.2, -0.15) is 0 Å². The molecule has 0 saturated carbocycles. The van der Waals surface area contributed by atoms with Crippen molar-refractivity contribution in [2.24, 2.45) is 0 Å². The van der Waals surface area contributed by atoms with E-state index in [0.29, 0.717) is 33.9 Å². The lowest BCUT2D eigenvalue weighted by atomic mass is 10.2. The van der Waals surface area contributed by atoms with Crippen LogP contribution in [0.3, 0.4) is 0 Å². The quantitative estimate of drug-likeness (QED) is 0.341. The highest BCUT2D eigenvalue weighted by Crippen LogP contribution is 2.15. The summed E-state index contributed by atoms with van der Waals surface area (Å²) in [4.78, 5) is 39.4. The van der Waals surface area contributed by atoms with Crippen LogP contribution in [0.25, 0.3) is 0 Å². The van der Waals surface area contributed by atoms with Crippen molar-refractivity contribution in [1.29, 1.82) is 0 Å². The molecule has 9 heteroatoms. The molecule has 0 aliphatic heterocycles. The van der Waals surface area contributed by atoms with E-state index in [1.807, 2.05) is 0 Å². The molecule has 194 valence electrons. The van der Waals surface area contributed by atoms with Gasteiger partial charge in [0.05, 0.1) is 45.5 Å². The molecule has 0 heterocycles. The van der Waals surface area contributed by atoms with Crippen LogP contribution in [0.2, 0.25) is 0 Å². The number of rotatable bonds is 12. The average molecular weight is 508 g/mol. The van der Waals surface area contributed by atoms with E-state index in [-0.39, 0.29) is 32.2 Å². The largest absolute Gasteiger partial charge is 0.497 e. The lowest BCUT2D eigenvalue weighted by Crippen LogP contribution is -2.37. The van der Waals surface area contributed by atoms with Gasteiger partial charge in [0.15, 0.2) is 0 Å². The van der Waals surface area contributed by atoms with E-state index >= 15 is 0 Å². The molecule has 0 atom stereocenters. The molecule has 0 unspecified atom stereocenters. The molecule has 3 aromatic rings. The normalized spacial score (nSPS) is 10.2. The molecule has 3 rings (SSSR count). The molecule has 0 fully saturated rings. The fourth-order valence-electron chi connectivity index (χ4n) is 3.35. The maximum atomic E-state index is 13.2. The smallest absolute Gasteiger partial charge is 0.338 e. The van der Waals surface area contributed by atoms with Gasteiger partial charge in [-0.15, -0.1) is 0 Å². The van der Waals surface area contributed by atoms with Gasteiger partial charge in [0.2, 0.25) is 0 Å². The van der Waals surface area contributed by atoms with Crippen molar-refractivity contribution in [3.8, 4) is 17.2 Å². The van der Waals surface area contributed by atoms with Gasteiger partial charge in [0.1, 0.15) is 30.5 Å². The maximum Gasteiger partial charge on any atom is 0.338 e. The van der Waals surface area contributed by atoms with Gasteiger partial charge in [0.25, 0.3) is 5.91 Å². The van der Waals surface area contributed by atoms with Crippen molar-refractivity contribution in [2.75, 3.05) is 47.6 Å². The molecule has 0 aliphatic rings. The summed E-state index contributed by atoms with van der Waals surface area (Å²) in [6, 6.07) is 19.7. The summed E-state index contributed by atoms with van der Waals surface area (Å²) in [6.07, 6.45) is 0. The number of hydrogen-bond acceptors (Lipinski definition) is 8. The Balaban J connectivity index is 1.61. The highest BCUT2D eigenvalue weighted by molar-refractivity contribution is 5.94. The number of carbonyl (C=O) groups is 3. The van der Waals surface area contributed by atoms with Crippen LogP contribution in [0.4, 0.5) is 0 Å². The van der Waals surface area contributed by atoms with E-state index in [1.54, 1.807) is 72.8 Å². The molecule has 9 nitrogen and oxygen atoms in total. The van der Waals surface area contributed by atoms with Gasteiger partial charge in [-0.25, -0.2) is 9.59 Å². The molecule has 0 radical (unpaired) electrons. The van der Waals surface area contributed by atoms with Crippen molar-refractivity contribution in [3.05, 3.63) is 89.5 Å². The van der Waals surface area contributed by atoms with E-state index in [9.17, 15) is 14.4 Å². The van der Waals surface area contributed by atoms with Crippen molar-refractivity contribution < 1.29 is 38.1 Å². The average Bonchev–Trinajstić information content (AvgIpc) is 2.95. The number of benzene rings is 3. The number of ether oxygens (including phenoxy) is 5. The summed E-state index contributed by atoms with van der Waals surface area (Å²) in [7, 11) is 4.61. The summed E-state index contributed by atoms with van der Waals surface area (Å²) >= 11 is 0. The molecule has 0 aromatic heterocycles. The third kappa shape index (κ3) is 7.73. The molecular formula is C28H29NO8. The molecule has 3 aromatic carbocycles. The summed E-state index contributed by atoms with van der Waals surface area (Å²) in [6.45, 7) is 0.123. The molecule has 1 amide bonds. The lowest BCUT2D eigenvalue weighted by Gasteiger charge is -2.23. The molecule has 0 N–H and O–H groups in total. The van der Waals surface area contributed by atoms with Crippen molar-refractivity contribution in [1.82, 2.24) is 4.90 Å². The fraction of sp³-hybridized carbons (Fsp3) is 0.250. The minimum absolute atomic E-state index is 0.0425. The second-order valence-electron chi connectivity index (χ2n) is 7.75. The number of nitrogens with zero attached hydrogens (tertiary/aromatic N) is 1. The summed E-state index contributed by atoms with van der Waals surface area (Å²) in [5.41, 5.74) is 1.15. The van der Waals surface area contributed by atoms with Gasteiger partial charge in [-0.1, -0.05) is 0 Å². The van der Waals surface area contributed by atoms with E-state index in [1.165, 1.54) is 26.2 Å². The minimum Gasteiger partial charge on any atom is -0.497 e. The van der Waals surface area contributed by atoms with Crippen LogP contribution in [-0.2, 0) is 9.47 Å². The van der Waals surface area contributed by atoms with Crippen LogP contribution < -0.4 is 14.2 Å². The number of hydrogen-bond donors (Lipinski definition) is 0. The number of methoxy groups -OCH3 is 3. The zero-order chi connectivity index (χ0) is 26.6. The maximum absolute atomic E-state index is 13.2. The predicted molar refractivity (Wildman–Crippen MR) is 135 cm³/mol.